The zero-order valence-electron chi connectivity index (χ0n) is 18.9. The van der Waals surface area contributed by atoms with Crippen molar-refractivity contribution in [2.75, 3.05) is 0 Å². The first-order valence-electron chi connectivity index (χ1n) is 11.3. The van der Waals surface area contributed by atoms with Crippen LogP contribution in [0.2, 0.25) is 5.02 Å². The molecule has 35 heavy (non-hydrogen) atoms. The molecule has 0 radical (unpaired) electrons. The number of ether oxygens (including phenoxy) is 2. The van der Waals surface area contributed by atoms with Crippen LogP contribution in [0.25, 0.3) is 0 Å². The molecule has 1 aromatic heterocycles. The summed E-state index contributed by atoms with van der Waals surface area (Å²) < 4.78 is 17.8. The first-order chi connectivity index (χ1) is 17.0. The van der Waals surface area contributed by atoms with Gasteiger partial charge in [0.2, 0.25) is 6.23 Å². The Balaban J connectivity index is 1.30. The average Bonchev–Trinajstić information content (AvgIpc) is 3.51. The monoisotopic (exact) mass is 484 g/mol. The third-order valence-corrected chi connectivity index (χ3v) is 6.40. The molecule has 2 atom stereocenters. The van der Waals surface area contributed by atoms with E-state index in [0.29, 0.717) is 22.8 Å². The van der Waals surface area contributed by atoms with Gasteiger partial charge in [0.1, 0.15) is 28.7 Å². The summed E-state index contributed by atoms with van der Waals surface area (Å²) in [4.78, 5) is 12.4. The molecule has 0 fully saturated rings. The highest BCUT2D eigenvalue weighted by Crippen LogP contribution is 2.48. The Morgan fingerprint density at radius 3 is 2.57 bits per heavy atom. The Labute approximate surface area is 207 Å². The van der Waals surface area contributed by atoms with Crippen LogP contribution in [0, 0.1) is 6.92 Å². The van der Waals surface area contributed by atoms with Gasteiger partial charge in [0.05, 0.1) is 11.6 Å². The second kappa shape index (κ2) is 8.64. The van der Waals surface area contributed by atoms with Crippen molar-refractivity contribution in [1.29, 1.82) is 0 Å². The van der Waals surface area contributed by atoms with Gasteiger partial charge < -0.3 is 13.9 Å². The number of hydrogen-bond acceptors (Lipinski definition) is 6. The summed E-state index contributed by atoms with van der Waals surface area (Å²) in [5.74, 6) is 2.42. The third-order valence-electron chi connectivity index (χ3n) is 6.16. The number of halogens is 1. The van der Waals surface area contributed by atoms with Crippen LogP contribution in [0.15, 0.2) is 94.4 Å². The molecule has 0 amide bonds. The van der Waals surface area contributed by atoms with Gasteiger partial charge in [-0.05, 0) is 73.7 Å². The molecule has 6 rings (SSSR count). The van der Waals surface area contributed by atoms with E-state index in [1.165, 1.54) is 0 Å². The molecule has 0 bridgehead atoms. The van der Waals surface area contributed by atoms with E-state index in [0.717, 1.165) is 34.1 Å². The minimum absolute atomic E-state index is 0.0431. The van der Waals surface area contributed by atoms with Crippen LogP contribution >= 0.6 is 11.6 Å². The molecular formula is C28H21ClN2O4. The summed E-state index contributed by atoms with van der Waals surface area (Å²) in [5.41, 5.74) is 3.23. The lowest BCUT2D eigenvalue weighted by molar-refractivity contribution is -0.0190. The number of aryl methyl sites for hydroxylation is 1. The molecule has 0 aliphatic carbocycles. The van der Waals surface area contributed by atoms with Gasteiger partial charge in [-0.25, -0.2) is 9.80 Å². The number of fused-ring (bicyclic) bond motifs is 3. The van der Waals surface area contributed by atoms with Gasteiger partial charge in [-0.2, -0.15) is 5.10 Å². The van der Waals surface area contributed by atoms with Crippen LogP contribution in [0.4, 0.5) is 0 Å². The normalized spacial score (nSPS) is 18.3. The molecule has 2 aliphatic rings. The number of carbonyl (C=O) groups is 1. The average molecular weight is 485 g/mol. The Kier molecular flexibility index (Phi) is 5.30. The number of carbonyl (C=O) groups excluding carboxylic acids is 1. The van der Waals surface area contributed by atoms with Gasteiger partial charge in [0, 0.05) is 22.6 Å². The highest BCUT2D eigenvalue weighted by Gasteiger charge is 2.41. The summed E-state index contributed by atoms with van der Waals surface area (Å²) in [6.07, 6.45) is 0.216. The number of furan rings is 1. The number of hydrogen-bond donors (Lipinski definition) is 0. The Morgan fingerprint density at radius 1 is 1.03 bits per heavy atom. The van der Waals surface area contributed by atoms with Crippen molar-refractivity contribution in [2.24, 2.45) is 5.10 Å². The number of hydrazone groups is 1. The van der Waals surface area contributed by atoms with E-state index in [1.54, 1.807) is 36.4 Å². The van der Waals surface area contributed by atoms with E-state index in [-0.39, 0.29) is 6.04 Å². The number of esters is 1. The Morgan fingerprint density at radius 2 is 1.83 bits per heavy atom. The van der Waals surface area contributed by atoms with E-state index in [1.807, 2.05) is 60.5 Å². The molecule has 6 nitrogen and oxygen atoms in total. The molecule has 0 spiro atoms. The maximum Gasteiger partial charge on any atom is 0.343 e. The molecular weight excluding hydrogens is 464 g/mol. The molecule has 2 aliphatic heterocycles. The van der Waals surface area contributed by atoms with Crippen molar-refractivity contribution in [3.63, 3.8) is 0 Å². The van der Waals surface area contributed by atoms with Crippen molar-refractivity contribution in [1.82, 2.24) is 5.01 Å². The number of benzene rings is 3. The first-order valence-corrected chi connectivity index (χ1v) is 11.7. The predicted octanol–water partition coefficient (Wildman–Crippen LogP) is 6.70. The van der Waals surface area contributed by atoms with Gasteiger partial charge in [0.15, 0.2) is 0 Å². The van der Waals surface area contributed by atoms with Crippen molar-refractivity contribution < 1.29 is 18.7 Å². The lowest BCUT2D eigenvalue weighted by Gasteiger charge is -2.38. The van der Waals surface area contributed by atoms with Crippen molar-refractivity contribution in [2.45, 2.75) is 25.6 Å². The molecule has 3 aromatic carbocycles. The fourth-order valence-corrected chi connectivity index (χ4v) is 4.64. The fourth-order valence-electron chi connectivity index (χ4n) is 4.46. The van der Waals surface area contributed by atoms with Gasteiger partial charge in [0.25, 0.3) is 0 Å². The summed E-state index contributed by atoms with van der Waals surface area (Å²) in [6.45, 7) is 1.92. The molecule has 0 saturated carbocycles. The van der Waals surface area contributed by atoms with Crippen molar-refractivity contribution in [3.8, 4) is 11.5 Å². The zero-order chi connectivity index (χ0) is 23.9. The predicted molar refractivity (Wildman–Crippen MR) is 132 cm³/mol. The standard InChI is InChI=1S/C28H21ClN2O4/c1-17-7-13-26(33-17)23-16-24-22-15-20(29)10-14-25(22)35-27(31(24)30-23)18-8-11-21(12-9-18)34-28(32)19-5-3-2-4-6-19/h2-15,24,27H,16H2,1H3. The summed E-state index contributed by atoms with van der Waals surface area (Å²) in [6, 6.07) is 25.7. The third kappa shape index (κ3) is 4.06. The highest BCUT2D eigenvalue weighted by molar-refractivity contribution is 6.30. The lowest BCUT2D eigenvalue weighted by Crippen LogP contribution is -2.33. The second-order valence-corrected chi connectivity index (χ2v) is 8.97. The Bertz CT molecular complexity index is 1430. The molecule has 174 valence electrons. The largest absolute Gasteiger partial charge is 0.464 e. The van der Waals surface area contributed by atoms with Gasteiger partial charge in [-0.15, -0.1) is 0 Å². The SMILES string of the molecule is Cc1ccc(C2=NN3C(C2)c2cc(Cl)ccc2OC3c2ccc(OC(=O)c3ccccc3)cc2)o1. The van der Waals surface area contributed by atoms with E-state index in [9.17, 15) is 4.79 Å². The van der Waals surface area contributed by atoms with Crippen LogP contribution < -0.4 is 9.47 Å². The van der Waals surface area contributed by atoms with Crippen LogP contribution in [0.1, 0.15) is 51.7 Å². The fraction of sp³-hybridized carbons (Fsp3) is 0.143. The molecule has 0 saturated heterocycles. The maximum atomic E-state index is 12.4. The van der Waals surface area contributed by atoms with E-state index in [2.05, 4.69) is 0 Å². The summed E-state index contributed by atoms with van der Waals surface area (Å²) >= 11 is 6.31. The smallest absolute Gasteiger partial charge is 0.343 e. The molecule has 4 aromatic rings. The van der Waals surface area contributed by atoms with Crippen LogP contribution in [0.5, 0.6) is 11.5 Å². The van der Waals surface area contributed by atoms with E-state index >= 15 is 0 Å². The van der Waals surface area contributed by atoms with Crippen molar-refractivity contribution >= 4 is 23.3 Å². The van der Waals surface area contributed by atoms with Gasteiger partial charge >= 0.3 is 5.97 Å². The quantitative estimate of drug-likeness (QED) is 0.238. The minimum atomic E-state index is -0.457. The maximum absolute atomic E-state index is 12.4. The van der Waals surface area contributed by atoms with Gasteiger partial charge in [-0.3, -0.25) is 0 Å². The second-order valence-electron chi connectivity index (χ2n) is 8.53. The number of rotatable bonds is 4. The van der Waals surface area contributed by atoms with Crippen LogP contribution in [-0.2, 0) is 0 Å². The lowest BCUT2D eigenvalue weighted by atomic mass is 9.97. The van der Waals surface area contributed by atoms with E-state index < -0.39 is 12.2 Å². The van der Waals surface area contributed by atoms with Crippen LogP contribution in [-0.4, -0.2) is 16.7 Å². The number of nitrogens with zero attached hydrogens (tertiary/aromatic N) is 2. The topological polar surface area (TPSA) is 64.3 Å². The minimum Gasteiger partial charge on any atom is -0.464 e. The highest BCUT2D eigenvalue weighted by atomic mass is 35.5. The molecule has 2 unspecified atom stereocenters. The summed E-state index contributed by atoms with van der Waals surface area (Å²) in [5, 5.41) is 7.50. The first kappa shape index (κ1) is 21.5. The van der Waals surface area contributed by atoms with Gasteiger partial charge in [-0.1, -0.05) is 29.8 Å². The summed E-state index contributed by atoms with van der Waals surface area (Å²) in [7, 11) is 0. The van der Waals surface area contributed by atoms with Crippen LogP contribution in [0.3, 0.4) is 0 Å². The molecule has 7 heteroatoms. The van der Waals surface area contributed by atoms with E-state index in [4.69, 9.17) is 30.6 Å². The molecule has 3 heterocycles. The Hall–Kier alpha value is -4.03. The zero-order valence-corrected chi connectivity index (χ0v) is 19.6. The molecule has 0 N–H and O–H groups in total. The van der Waals surface area contributed by atoms with Crippen molar-refractivity contribution in [3.05, 3.63) is 118 Å².